The Labute approximate surface area is 122 Å². The third-order valence-electron chi connectivity index (χ3n) is 4.92. The molecule has 3 atom stereocenters. The third kappa shape index (κ3) is 3.01. The van der Waals surface area contributed by atoms with Gasteiger partial charge in [0.2, 0.25) is 0 Å². The van der Waals surface area contributed by atoms with Gasteiger partial charge in [-0.25, -0.2) is 0 Å². The first kappa shape index (κ1) is 13.9. The van der Waals surface area contributed by atoms with Crippen molar-refractivity contribution >= 4 is 0 Å². The van der Waals surface area contributed by atoms with E-state index in [0.29, 0.717) is 6.10 Å². The Morgan fingerprint density at radius 1 is 1.10 bits per heavy atom. The number of rotatable bonds is 2. The van der Waals surface area contributed by atoms with E-state index in [1.165, 1.54) is 43.2 Å². The molecule has 0 radical (unpaired) electrons. The van der Waals surface area contributed by atoms with E-state index in [4.69, 9.17) is 10.5 Å². The summed E-state index contributed by atoms with van der Waals surface area (Å²) in [5.74, 6) is 2.58. The summed E-state index contributed by atoms with van der Waals surface area (Å²) in [6, 6.07) is 6.76. The lowest BCUT2D eigenvalue weighted by atomic mass is 9.81. The molecule has 0 amide bonds. The molecule has 110 valence electrons. The zero-order chi connectivity index (χ0) is 14.1. The molecule has 2 aliphatic rings. The summed E-state index contributed by atoms with van der Waals surface area (Å²) in [7, 11) is 0. The summed E-state index contributed by atoms with van der Waals surface area (Å²) in [6.07, 6.45) is 7.59. The standard InChI is InChI=1S/C18H27NO/c1-12-8-13(2)10-16(9-12)20-15-7-6-14-4-3-5-18(19)17(14)11-15/h6-7,11-13,16,18H,3-5,8-10,19H2,1-2H3/t12?,13?,16?,18-/m0/s1. The molecule has 1 aromatic carbocycles. The van der Waals surface area contributed by atoms with E-state index in [-0.39, 0.29) is 6.04 Å². The third-order valence-corrected chi connectivity index (χ3v) is 4.92. The molecular formula is C18H27NO. The van der Waals surface area contributed by atoms with Crippen molar-refractivity contribution in [1.82, 2.24) is 0 Å². The van der Waals surface area contributed by atoms with E-state index in [1.807, 2.05) is 0 Å². The second-order valence-electron chi connectivity index (χ2n) is 7.02. The topological polar surface area (TPSA) is 35.2 Å². The highest BCUT2D eigenvalue weighted by atomic mass is 16.5. The van der Waals surface area contributed by atoms with Gasteiger partial charge in [0.15, 0.2) is 0 Å². The lowest BCUT2D eigenvalue weighted by Crippen LogP contribution is -2.28. The van der Waals surface area contributed by atoms with E-state index in [2.05, 4.69) is 32.0 Å². The summed E-state index contributed by atoms with van der Waals surface area (Å²) in [5, 5.41) is 0. The van der Waals surface area contributed by atoms with Gasteiger partial charge in [-0.15, -0.1) is 0 Å². The monoisotopic (exact) mass is 273 g/mol. The zero-order valence-corrected chi connectivity index (χ0v) is 12.8. The van der Waals surface area contributed by atoms with Crippen molar-refractivity contribution in [1.29, 1.82) is 0 Å². The number of benzene rings is 1. The molecule has 0 bridgehead atoms. The van der Waals surface area contributed by atoms with Crippen LogP contribution in [-0.2, 0) is 6.42 Å². The molecule has 0 aromatic heterocycles. The van der Waals surface area contributed by atoms with Gasteiger partial charge >= 0.3 is 0 Å². The van der Waals surface area contributed by atoms with Crippen LogP contribution in [0.25, 0.3) is 0 Å². The molecule has 3 rings (SSSR count). The van der Waals surface area contributed by atoms with Crippen LogP contribution in [0.15, 0.2) is 18.2 Å². The number of nitrogens with two attached hydrogens (primary N) is 1. The minimum absolute atomic E-state index is 0.200. The lowest BCUT2D eigenvalue weighted by molar-refractivity contribution is 0.101. The molecular weight excluding hydrogens is 246 g/mol. The van der Waals surface area contributed by atoms with E-state index in [0.717, 1.165) is 24.0 Å². The molecule has 0 heterocycles. The average molecular weight is 273 g/mol. The van der Waals surface area contributed by atoms with Crippen LogP contribution in [0.2, 0.25) is 0 Å². The molecule has 1 aromatic rings. The van der Waals surface area contributed by atoms with Crippen molar-refractivity contribution in [2.75, 3.05) is 0 Å². The average Bonchev–Trinajstić information content (AvgIpc) is 2.38. The van der Waals surface area contributed by atoms with Crippen LogP contribution in [0.1, 0.15) is 63.1 Å². The van der Waals surface area contributed by atoms with Crippen molar-refractivity contribution in [3.8, 4) is 5.75 Å². The highest BCUT2D eigenvalue weighted by Gasteiger charge is 2.25. The second-order valence-corrected chi connectivity index (χ2v) is 7.02. The van der Waals surface area contributed by atoms with Gasteiger partial charge in [0.05, 0.1) is 6.10 Å². The van der Waals surface area contributed by atoms with Gasteiger partial charge in [-0.2, -0.15) is 0 Å². The van der Waals surface area contributed by atoms with Gasteiger partial charge in [0.1, 0.15) is 5.75 Å². The SMILES string of the molecule is CC1CC(C)CC(Oc2ccc3c(c2)[C@@H](N)CCC3)C1. The van der Waals surface area contributed by atoms with Gasteiger partial charge < -0.3 is 10.5 Å². The predicted octanol–water partition coefficient (Wildman–Crippen LogP) is 4.23. The van der Waals surface area contributed by atoms with Gasteiger partial charge in [0.25, 0.3) is 0 Å². The molecule has 2 heteroatoms. The molecule has 20 heavy (non-hydrogen) atoms. The molecule has 0 aliphatic heterocycles. The minimum atomic E-state index is 0.200. The van der Waals surface area contributed by atoms with Crippen LogP contribution >= 0.6 is 0 Å². The molecule has 2 aliphatic carbocycles. The van der Waals surface area contributed by atoms with E-state index >= 15 is 0 Å². The fourth-order valence-electron chi connectivity index (χ4n) is 4.05. The Bertz CT molecular complexity index is 460. The summed E-state index contributed by atoms with van der Waals surface area (Å²) in [6.45, 7) is 4.68. The van der Waals surface area contributed by atoms with Crippen LogP contribution in [0.5, 0.6) is 5.75 Å². The first-order valence-corrected chi connectivity index (χ1v) is 8.17. The van der Waals surface area contributed by atoms with Gasteiger partial charge in [-0.3, -0.25) is 0 Å². The fourth-order valence-corrected chi connectivity index (χ4v) is 4.05. The first-order chi connectivity index (χ1) is 9.61. The van der Waals surface area contributed by atoms with E-state index in [9.17, 15) is 0 Å². The maximum atomic E-state index is 6.25. The highest BCUT2D eigenvalue weighted by molar-refractivity contribution is 5.39. The predicted molar refractivity (Wildman–Crippen MR) is 82.9 cm³/mol. The number of ether oxygens (including phenoxy) is 1. The summed E-state index contributed by atoms with van der Waals surface area (Å²) in [4.78, 5) is 0. The molecule has 2 unspecified atom stereocenters. The van der Waals surface area contributed by atoms with Crippen LogP contribution in [0, 0.1) is 11.8 Å². The van der Waals surface area contributed by atoms with Crippen molar-refractivity contribution in [3.63, 3.8) is 0 Å². The van der Waals surface area contributed by atoms with E-state index in [1.54, 1.807) is 0 Å². The van der Waals surface area contributed by atoms with Crippen LogP contribution in [0.4, 0.5) is 0 Å². The summed E-state index contributed by atoms with van der Waals surface area (Å²) < 4.78 is 6.25. The fraction of sp³-hybridized carbons (Fsp3) is 0.667. The molecule has 2 nitrogen and oxygen atoms in total. The van der Waals surface area contributed by atoms with E-state index < -0.39 is 0 Å². The second kappa shape index (κ2) is 5.77. The quantitative estimate of drug-likeness (QED) is 0.875. The Morgan fingerprint density at radius 3 is 2.60 bits per heavy atom. The lowest BCUT2D eigenvalue weighted by Gasteiger charge is -2.32. The van der Waals surface area contributed by atoms with Gasteiger partial charge in [0, 0.05) is 6.04 Å². The van der Waals surface area contributed by atoms with Gasteiger partial charge in [-0.05, 0) is 73.6 Å². The Kier molecular flexibility index (Phi) is 4.02. The maximum Gasteiger partial charge on any atom is 0.120 e. The number of hydrogen-bond acceptors (Lipinski definition) is 2. The van der Waals surface area contributed by atoms with Crippen LogP contribution < -0.4 is 10.5 Å². The number of aryl methyl sites for hydroxylation is 1. The Hall–Kier alpha value is -1.02. The molecule has 1 saturated carbocycles. The van der Waals surface area contributed by atoms with Gasteiger partial charge in [-0.1, -0.05) is 19.9 Å². The Morgan fingerprint density at radius 2 is 1.85 bits per heavy atom. The molecule has 0 saturated heterocycles. The smallest absolute Gasteiger partial charge is 0.120 e. The van der Waals surface area contributed by atoms with Crippen molar-refractivity contribution in [2.24, 2.45) is 17.6 Å². The van der Waals surface area contributed by atoms with Crippen molar-refractivity contribution in [3.05, 3.63) is 29.3 Å². The summed E-state index contributed by atoms with van der Waals surface area (Å²) in [5.41, 5.74) is 8.97. The Balaban J connectivity index is 1.73. The maximum absolute atomic E-state index is 6.25. The van der Waals surface area contributed by atoms with Crippen molar-refractivity contribution < 1.29 is 4.74 Å². The largest absolute Gasteiger partial charge is 0.490 e. The molecule has 2 N–H and O–H groups in total. The van der Waals surface area contributed by atoms with Crippen molar-refractivity contribution in [2.45, 2.75) is 64.5 Å². The number of fused-ring (bicyclic) bond motifs is 1. The molecule has 1 fully saturated rings. The highest BCUT2D eigenvalue weighted by Crippen LogP contribution is 2.34. The normalized spacial score (nSPS) is 33.5. The minimum Gasteiger partial charge on any atom is -0.490 e. The molecule has 0 spiro atoms. The first-order valence-electron chi connectivity index (χ1n) is 8.17. The van der Waals surface area contributed by atoms with Crippen LogP contribution in [0.3, 0.4) is 0 Å². The number of hydrogen-bond donors (Lipinski definition) is 1. The van der Waals surface area contributed by atoms with Crippen LogP contribution in [-0.4, -0.2) is 6.10 Å². The zero-order valence-electron chi connectivity index (χ0n) is 12.8. The summed E-state index contributed by atoms with van der Waals surface area (Å²) >= 11 is 0.